The summed E-state index contributed by atoms with van der Waals surface area (Å²) in [4.78, 5) is 11.0. The first-order valence-electron chi connectivity index (χ1n) is 3.81. The first kappa shape index (κ1) is 20.4. The first-order valence-corrected chi connectivity index (χ1v) is 5.21. The Morgan fingerprint density at radius 2 is 1.50 bits per heavy atom. The predicted molar refractivity (Wildman–Crippen MR) is 57.4 cm³/mol. The standard InChI is InChI=1S/C4H11NO.C3H4O2.H2O4S/c1-4(6)5(2)3;1-2-3(4)5;1-5(2,3)4/h4,6H,1-3H3;2H,1H2,(H,4,5);(H2,1,2,3,4). The highest BCUT2D eigenvalue weighted by molar-refractivity contribution is 7.79. The highest BCUT2D eigenvalue weighted by Crippen LogP contribution is 1.79. The summed E-state index contributed by atoms with van der Waals surface area (Å²) in [6.45, 7) is 4.68. The van der Waals surface area contributed by atoms with Crippen molar-refractivity contribution < 1.29 is 32.5 Å². The van der Waals surface area contributed by atoms with Gasteiger partial charge in [-0.2, -0.15) is 8.42 Å². The quantitative estimate of drug-likeness (QED) is 0.296. The third-order valence-electron chi connectivity index (χ3n) is 0.922. The molecule has 0 saturated carbocycles. The van der Waals surface area contributed by atoms with Gasteiger partial charge in [0, 0.05) is 6.08 Å². The summed E-state index contributed by atoms with van der Waals surface area (Å²) in [6.07, 6.45) is 0.519. The van der Waals surface area contributed by atoms with E-state index in [0.29, 0.717) is 0 Å². The highest BCUT2D eigenvalue weighted by Gasteiger charge is 1.92. The molecule has 0 aliphatic rings. The molecule has 0 aromatic heterocycles. The van der Waals surface area contributed by atoms with E-state index in [0.717, 1.165) is 6.08 Å². The van der Waals surface area contributed by atoms with Gasteiger partial charge in [0.15, 0.2) is 0 Å². The molecule has 98 valence electrons. The third kappa shape index (κ3) is 74.9. The largest absolute Gasteiger partial charge is 0.478 e. The molecule has 1 unspecified atom stereocenters. The molecule has 9 heteroatoms. The van der Waals surface area contributed by atoms with Gasteiger partial charge >= 0.3 is 16.4 Å². The Balaban J connectivity index is -0.000000160. The Kier molecular flexibility index (Phi) is 13.4. The van der Waals surface area contributed by atoms with Gasteiger partial charge in [0.2, 0.25) is 0 Å². The Morgan fingerprint density at radius 1 is 1.38 bits per heavy atom. The minimum atomic E-state index is -4.67. The summed E-state index contributed by atoms with van der Waals surface area (Å²) >= 11 is 0. The summed E-state index contributed by atoms with van der Waals surface area (Å²) < 4.78 is 31.6. The van der Waals surface area contributed by atoms with Gasteiger partial charge < -0.3 is 10.2 Å². The Hall–Kier alpha value is -1.00. The lowest BCUT2D eigenvalue weighted by Crippen LogP contribution is -2.23. The fourth-order valence-corrected chi connectivity index (χ4v) is 0. The average molecular weight is 259 g/mol. The van der Waals surface area contributed by atoms with Gasteiger partial charge in [0.05, 0.1) is 0 Å². The third-order valence-corrected chi connectivity index (χ3v) is 0.922. The number of nitrogens with zero attached hydrogens (tertiary/aromatic N) is 1. The van der Waals surface area contributed by atoms with Crippen LogP contribution in [0.5, 0.6) is 0 Å². The van der Waals surface area contributed by atoms with Crippen LogP contribution >= 0.6 is 0 Å². The molecule has 16 heavy (non-hydrogen) atoms. The van der Waals surface area contributed by atoms with Gasteiger partial charge in [0.1, 0.15) is 6.23 Å². The average Bonchev–Trinajstić information content (AvgIpc) is 2.02. The van der Waals surface area contributed by atoms with Gasteiger partial charge in [-0.05, 0) is 21.0 Å². The SMILES string of the molecule is C=CC(=O)O.CC(O)N(C)C.O=S(=O)(O)O. The van der Waals surface area contributed by atoms with Crippen LogP contribution in [-0.4, -0.2) is 58.9 Å². The first-order chi connectivity index (χ1) is 6.91. The molecule has 8 nitrogen and oxygen atoms in total. The minimum absolute atomic E-state index is 0.315. The molecule has 0 heterocycles. The van der Waals surface area contributed by atoms with E-state index >= 15 is 0 Å². The molecule has 4 N–H and O–H groups in total. The molecule has 0 aromatic rings. The normalized spacial score (nSPS) is 11.4. The van der Waals surface area contributed by atoms with Crippen LogP contribution in [0.2, 0.25) is 0 Å². The molecule has 0 fully saturated rings. The summed E-state index contributed by atoms with van der Waals surface area (Å²) in [5.41, 5.74) is 0. The van der Waals surface area contributed by atoms with Crippen molar-refractivity contribution in [3.05, 3.63) is 12.7 Å². The van der Waals surface area contributed by atoms with Crippen molar-refractivity contribution in [2.45, 2.75) is 13.2 Å². The molecular formula is C7H17NO7S. The van der Waals surface area contributed by atoms with E-state index in [4.69, 9.17) is 27.7 Å². The van der Waals surface area contributed by atoms with Crippen molar-refractivity contribution >= 4 is 16.4 Å². The second kappa shape index (κ2) is 10.5. The van der Waals surface area contributed by atoms with E-state index in [9.17, 15) is 4.79 Å². The van der Waals surface area contributed by atoms with Gasteiger partial charge in [-0.1, -0.05) is 6.58 Å². The maximum Gasteiger partial charge on any atom is 0.394 e. The maximum absolute atomic E-state index is 9.25. The smallest absolute Gasteiger partial charge is 0.394 e. The van der Waals surface area contributed by atoms with Crippen LogP contribution in [0.25, 0.3) is 0 Å². The van der Waals surface area contributed by atoms with E-state index in [2.05, 4.69) is 6.58 Å². The molecule has 0 aromatic carbocycles. The number of aliphatic hydroxyl groups excluding tert-OH is 1. The molecular weight excluding hydrogens is 242 g/mol. The number of aliphatic carboxylic acids is 1. The molecule has 0 amide bonds. The number of carboxylic acids is 1. The summed E-state index contributed by atoms with van der Waals surface area (Å²) in [5, 5.41) is 16.2. The second-order valence-corrected chi connectivity index (χ2v) is 3.48. The zero-order valence-electron chi connectivity index (χ0n) is 9.23. The topological polar surface area (TPSA) is 135 Å². The van der Waals surface area contributed by atoms with Gasteiger partial charge in [-0.15, -0.1) is 0 Å². The zero-order chi connectivity index (χ0) is 13.9. The number of hydrogen-bond donors (Lipinski definition) is 4. The number of rotatable bonds is 2. The van der Waals surface area contributed by atoms with Crippen LogP contribution in [0.1, 0.15) is 6.92 Å². The number of hydrogen-bond acceptors (Lipinski definition) is 5. The van der Waals surface area contributed by atoms with Gasteiger partial charge in [-0.25, -0.2) is 4.79 Å². The Labute approximate surface area is 94.4 Å². The van der Waals surface area contributed by atoms with E-state index in [-0.39, 0.29) is 6.23 Å². The second-order valence-electron chi connectivity index (χ2n) is 2.59. The molecule has 1 atom stereocenters. The van der Waals surface area contributed by atoms with Crippen molar-refractivity contribution in [1.29, 1.82) is 0 Å². The fraction of sp³-hybridized carbons (Fsp3) is 0.571. The highest BCUT2D eigenvalue weighted by atomic mass is 32.3. The van der Waals surface area contributed by atoms with Gasteiger partial charge in [-0.3, -0.25) is 14.0 Å². The zero-order valence-corrected chi connectivity index (χ0v) is 10.0. The van der Waals surface area contributed by atoms with Crippen molar-refractivity contribution in [2.24, 2.45) is 0 Å². The molecule has 0 aliphatic heterocycles. The van der Waals surface area contributed by atoms with E-state index in [1.807, 2.05) is 14.1 Å². The van der Waals surface area contributed by atoms with Crippen LogP contribution < -0.4 is 0 Å². The summed E-state index contributed by atoms with van der Waals surface area (Å²) in [5.74, 6) is -0.981. The van der Waals surface area contributed by atoms with Gasteiger partial charge in [0.25, 0.3) is 0 Å². The van der Waals surface area contributed by atoms with Crippen molar-refractivity contribution in [3.8, 4) is 0 Å². The summed E-state index contributed by atoms with van der Waals surface area (Å²) in [7, 11) is -1.02. The molecule has 0 saturated heterocycles. The molecule has 0 bridgehead atoms. The van der Waals surface area contributed by atoms with Crippen LogP contribution in [0.15, 0.2) is 12.7 Å². The van der Waals surface area contributed by atoms with E-state index < -0.39 is 16.4 Å². The van der Waals surface area contributed by atoms with Crippen molar-refractivity contribution in [2.75, 3.05) is 14.1 Å². The summed E-state index contributed by atoms with van der Waals surface area (Å²) in [6, 6.07) is 0. The lowest BCUT2D eigenvalue weighted by Gasteiger charge is -2.11. The predicted octanol–water partition coefficient (Wildman–Crippen LogP) is -0.509. The van der Waals surface area contributed by atoms with Crippen LogP contribution in [-0.2, 0) is 15.2 Å². The monoisotopic (exact) mass is 259 g/mol. The lowest BCUT2D eigenvalue weighted by molar-refractivity contribution is -0.131. The lowest BCUT2D eigenvalue weighted by atomic mass is 10.6. The number of aliphatic hydroxyl groups is 1. The molecule has 0 aliphatic carbocycles. The minimum Gasteiger partial charge on any atom is -0.478 e. The number of carboxylic acid groups (broad SMARTS) is 1. The number of carbonyl (C=O) groups is 1. The fourth-order valence-electron chi connectivity index (χ4n) is 0. The van der Waals surface area contributed by atoms with E-state index in [1.165, 1.54) is 0 Å². The van der Waals surface area contributed by atoms with Crippen molar-refractivity contribution in [3.63, 3.8) is 0 Å². The van der Waals surface area contributed by atoms with Crippen LogP contribution in [0.3, 0.4) is 0 Å². The maximum atomic E-state index is 9.25. The molecule has 0 spiro atoms. The Bertz CT molecular complexity index is 269. The van der Waals surface area contributed by atoms with Crippen molar-refractivity contribution in [1.82, 2.24) is 4.90 Å². The van der Waals surface area contributed by atoms with Crippen LogP contribution in [0.4, 0.5) is 0 Å². The Morgan fingerprint density at radius 3 is 1.50 bits per heavy atom. The van der Waals surface area contributed by atoms with Crippen LogP contribution in [0, 0.1) is 0 Å². The molecule has 0 rings (SSSR count). The van der Waals surface area contributed by atoms with E-state index in [1.54, 1.807) is 11.8 Å². The molecule has 0 radical (unpaired) electrons.